The van der Waals surface area contributed by atoms with Crippen LogP contribution in [-0.4, -0.2) is 26.1 Å². The second-order valence-corrected chi connectivity index (χ2v) is 6.80. The predicted molar refractivity (Wildman–Crippen MR) is 97.7 cm³/mol. The average Bonchev–Trinajstić information content (AvgIpc) is 2.86. The van der Waals surface area contributed by atoms with Gasteiger partial charge in [0.2, 0.25) is 5.75 Å². The minimum atomic E-state index is -0.723. The van der Waals surface area contributed by atoms with Gasteiger partial charge in [-0.1, -0.05) is 35.9 Å². The molecule has 0 saturated carbocycles. The van der Waals surface area contributed by atoms with Crippen molar-refractivity contribution in [2.45, 2.75) is 6.54 Å². The van der Waals surface area contributed by atoms with Crippen LogP contribution in [0.1, 0.15) is 11.1 Å². The molecule has 9 heteroatoms. The second-order valence-electron chi connectivity index (χ2n) is 5.37. The summed E-state index contributed by atoms with van der Waals surface area (Å²) in [7, 11) is 0. The Bertz CT molecular complexity index is 943. The number of hydrogen-bond donors (Lipinski definition) is 1. The number of benzene rings is 2. The summed E-state index contributed by atoms with van der Waals surface area (Å²) in [6, 6.07) is 10.7. The first-order chi connectivity index (χ1) is 12.4. The molecule has 0 bridgehead atoms. The highest BCUT2D eigenvalue weighted by Crippen LogP contribution is 2.37. The number of phenols is 1. The Morgan fingerprint density at radius 1 is 1.19 bits per heavy atom. The van der Waals surface area contributed by atoms with E-state index in [1.54, 1.807) is 24.3 Å². The first kappa shape index (κ1) is 18.0. The number of amides is 2. The molecule has 0 radical (unpaired) electrons. The number of phenolic OH excluding ortho intramolecular Hbond substituents is 1. The fourth-order valence-corrected chi connectivity index (χ4v) is 3.32. The van der Waals surface area contributed by atoms with Crippen molar-refractivity contribution in [3.63, 3.8) is 0 Å². The third-order valence-electron chi connectivity index (χ3n) is 3.66. The van der Waals surface area contributed by atoms with E-state index in [1.165, 1.54) is 18.2 Å². The van der Waals surface area contributed by atoms with Crippen LogP contribution in [0.25, 0.3) is 6.08 Å². The fourth-order valence-electron chi connectivity index (χ4n) is 2.36. The van der Waals surface area contributed by atoms with Crippen LogP contribution in [0.3, 0.4) is 0 Å². The van der Waals surface area contributed by atoms with E-state index in [4.69, 9.17) is 11.6 Å². The van der Waals surface area contributed by atoms with Crippen LogP contribution in [0, 0.1) is 10.1 Å². The number of halogens is 1. The zero-order valence-electron chi connectivity index (χ0n) is 13.1. The van der Waals surface area contributed by atoms with Crippen LogP contribution in [0.5, 0.6) is 5.75 Å². The lowest BCUT2D eigenvalue weighted by Crippen LogP contribution is -2.27. The Labute approximate surface area is 157 Å². The lowest BCUT2D eigenvalue weighted by molar-refractivity contribution is -0.385. The molecule has 0 unspecified atom stereocenters. The average molecular weight is 391 g/mol. The zero-order chi connectivity index (χ0) is 18.8. The number of nitro benzene ring substituents is 1. The molecular weight excluding hydrogens is 380 g/mol. The van der Waals surface area contributed by atoms with Crippen LogP contribution in [-0.2, 0) is 11.3 Å². The molecule has 0 atom stereocenters. The van der Waals surface area contributed by atoms with E-state index >= 15 is 0 Å². The van der Waals surface area contributed by atoms with Crippen LogP contribution in [0.4, 0.5) is 10.5 Å². The smallest absolute Gasteiger partial charge is 0.311 e. The standard InChI is InChI=1S/C17H11ClN2O5S/c18-12-6-4-10(5-7-12)9-19-16(22)14(26-17(19)23)8-11-2-1-3-13(15(11)21)20(24)25/h1-8,21H,9H2/b14-8-. The Kier molecular flexibility index (Phi) is 4.97. The fraction of sp³-hybridized carbons (Fsp3) is 0.0588. The highest BCUT2D eigenvalue weighted by Gasteiger charge is 2.35. The van der Waals surface area contributed by atoms with Gasteiger partial charge in [-0.2, -0.15) is 0 Å². The van der Waals surface area contributed by atoms with Crippen molar-refractivity contribution in [3.8, 4) is 5.75 Å². The minimum absolute atomic E-state index is 0.0831. The number of hydrogen-bond acceptors (Lipinski definition) is 6. The number of aromatic hydroxyl groups is 1. The van der Waals surface area contributed by atoms with E-state index in [2.05, 4.69) is 0 Å². The van der Waals surface area contributed by atoms with Crippen molar-refractivity contribution in [2.24, 2.45) is 0 Å². The number of para-hydroxylation sites is 1. The summed E-state index contributed by atoms with van der Waals surface area (Å²) in [5.74, 6) is -1.08. The van der Waals surface area contributed by atoms with E-state index in [1.807, 2.05) is 0 Å². The van der Waals surface area contributed by atoms with Gasteiger partial charge >= 0.3 is 5.69 Å². The SMILES string of the molecule is O=C1S/C(=C\c2cccc([N+](=O)[O-])c2O)C(=O)N1Cc1ccc(Cl)cc1. The number of thioether (sulfide) groups is 1. The van der Waals surface area contributed by atoms with E-state index in [9.17, 15) is 24.8 Å². The lowest BCUT2D eigenvalue weighted by atomic mass is 10.1. The Morgan fingerprint density at radius 3 is 2.54 bits per heavy atom. The largest absolute Gasteiger partial charge is 0.502 e. The molecule has 1 heterocycles. The van der Waals surface area contributed by atoms with Gasteiger partial charge in [-0.25, -0.2) is 0 Å². The van der Waals surface area contributed by atoms with Crippen molar-refractivity contribution in [3.05, 3.63) is 73.6 Å². The summed E-state index contributed by atoms with van der Waals surface area (Å²) in [5.41, 5.74) is 0.353. The molecule has 0 aliphatic carbocycles. The second kappa shape index (κ2) is 7.19. The highest BCUT2D eigenvalue weighted by atomic mass is 35.5. The van der Waals surface area contributed by atoms with Crippen molar-refractivity contribution in [2.75, 3.05) is 0 Å². The first-order valence-electron chi connectivity index (χ1n) is 7.33. The van der Waals surface area contributed by atoms with Crippen LogP contribution in [0.15, 0.2) is 47.4 Å². The van der Waals surface area contributed by atoms with Crippen molar-refractivity contribution in [1.29, 1.82) is 0 Å². The molecule has 2 aromatic carbocycles. The van der Waals surface area contributed by atoms with Gasteiger partial charge in [-0.15, -0.1) is 0 Å². The molecule has 132 valence electrons. The summed E-state index contributed by atoms with van der Waals surface area (Å²) in [6.45, 7) is 0.0834. The summed E-state index contributed by atoms with van der Waals surface area (Å²) in [6.07, 6.45) is 1.27. The maximum Gasteiger partial charge on any atom is 0.311 e. The molecule has 3 rings (SSSR count). The predicted octanol–water partition coefficient (Wildman–Crippen LogP) is 4.19. The van der Waals surface area contributed by atoms with Crippen LogP contribution >= 0.6 is 23.4 Å². The maximum absolute atomic E-state index is 12.5. The van der Waals surface area contributed by atoms with Crippen molar-refractivity contribution < 1.29 is 19.6 Å². The van der Waals surface area contributed by atoms with Gasteiger partial charge in [0.15, 0.2) is 0 Å². The van der Waals surface area contributed by atoms with Gasteiger partial charge in [0, 0.05) is 16.7 Å². The third kappa shape index (κ3) is 3.56. The quantitative estimate of drug-likeness (QED) is 0.477. The molecule has 1 N–H and O–H groups in total. The van der Waals surface area contributed by atoms with E-state index in [0.29, 0.717) is 16.8 Å². The number of nitro groups is 1. The molecule has 1 aliphatic heterocycles. The zero-order valence-corrected chi connectivity index (χ0v) is 14.7. The number of imide groups is 1. The molecule has 0 spiro atoms. The van der Waals surface area contributed by atoms with Crippen molar-refractivity contribution >= 4 is 46.3 Å². The summed E-state index contributed by atoms with van der Waals surface area (Å²) >= 11 is 6.53. The third-order valence-corrected chi connectivity index (χ3v) is 4.82. The van der Waals surface area contributed by atoms with Gasteiger partial charge in [0.05, 0.1) is 16.4 Å². The van der Waals surface area contributed by atoms with Gasteiger partial charge in [-0.3, -0.25) is 24.6 Å². The Hall–Kier alpha value is -2.84. The molecule has 26 heavy (non-hydrogen) atoms. The number of carbonyl (C=O) groups excluding carboxylic acids is 2. The van der Waals surface area contributed by atoms with Crippen molar-refractivity contribution in [1.82, 2.24) is 4.90 Å². The number of nitrogens with zero attached hydrogens (tertiary/aromatic N) is 2. The van der Waals surface area contributed by atoms with E-state index in [0.717, 1.165) is 16.5 Å². The highest BCUT2D eigenvalue weighted by molar-refractivity contribution is 8.18. The molecule has 7 nitrogen and oxygen atoms in total. The molecule has 2 aromatic rings. The van der Waals surface area contributed by atoms with Gasteiger partial charge < -0.3 is 5.11 Å². The van der Waals surface area contributed by atoms with Gasteiger partial charge in [-0.05, 0) is 35.5 Å². The topological polar surface area (TPSA) is 101 Å². The van der Waals surface area contributed by atoms with E-state index in [-0.39, 0.29) is 17.0 Å². The lowest BCUT2D eigenvalue weighted by Gasteiger charge is -2.12. The molecule has 0 aromatic heterocycles. The van der Waals surface area contributed by atoms with Crippen LogP contribution in [0.2, 0.25) is 5.02 Å². The Morgan fingerprint density at radius 2 is 1.88 bits per heavy atom. The summed E-state index contributed by atoms with van der Waals surface area (Å²) in [4.78, 5) is 36.0. The van der Waals surface area contributed by atoms with Gasteiger partial charge in [0.1, 0.15) is 0 Å². The summed E-state index contributed by atoms with van der Waals surface area (Å²) < 4.78 is 0. The van der Waals surface area contributed by atoms with Gasteiger partial charge in [0.25, 0.3) is 11.1 Å². The van der Waals surface area contributed by atoms with E-state index < -0.39 is 27.5 Å². The molecule has 1 aliphatic rings. The maximum atomic E-state index is 12.5. The molecule has 2 amide bonds. The normalized spacial score (nSPS) is 15.7. The number of rotatable bonds is 4. The summed E-state index contributed by atoms with van der Waals surface area (Å²) in [5, 5.41) is 21.0. The molecule has 1 fully saturated rings. The minimum Gasteiger partial charge on any atom is -0.502 e. The van der Waals surface area contributed by atoms with Crippen LogP contribution < -0.4 is 0 Å². The molecule has 1 saturated heterocycles. The Balaban J connectivity index is 1.87. The molecular formula is C17H11ClN2O5S. The monoisotopic (exact) mass is 390 g/mol. The first-order valence-corrected chi connectivity index (χ1v) is 8.52. The number of carbonyl (C=O) groups is 2.